The summed E-state index contributed by atoms with van der Waals surface area (Å²) in [7, 11) is 0. The number of carbonyl (C=O) groups is 3. The molecule has 170 valence electrons. The zero-order valence-corrected chi connectivity index (χ0v) is 18.1. The fraction of sp³-hybridized carbons (Fsp3) is 0.200. The number of ketones is 2. The van der Waals surface area contributed by atoms with Crippen molar-refractivity contribution in [1.82, 2.24) is 18.9 Å². The molecular formula is C25H18F2N4O3. The van der Waals surface area contributed by atoms with Crippen LogP contribution in [0.1, 0.15) is 30.2 Å². The van der Waals surface area contributed by atoms with Crippen LogP contribution in [0.2, 0.25) is 0 Å². The molecule has 1 amide bonds. The number of allylic oxidation sites excluding steroid dienone is 2. The summed E-state index contributed by atoms with van der Waals surface area (Å²) in [5, 5.41) is -0.0511. The first kappa shape index (κ1) is 20.5. The Hall–Kier alpha value is -4.14. The third kappa shape index (κ3) is 2.79. The lowest BCUT2D eigenvalue weighted by Crippen LogP contribution is -2.29. The van der Waals surface area contributed by atoms with Crippen LogP contribution in [-0.4, -0.2) is 42.9 Å². The predicted molar refractivity (Wildman–Crippen MR) is 120 cm³/mol. The van der Waals surface area contributed by atoms with Gasteiger partial charge in [-0.2, -0.15) is 0 Å². The number of benzene rings is 1. The van der Waals surface area contributed by atoms with E-state index in [9.17, 15) is 18.8 Å². The zero-order valence-electron chi connectivity index (χ0n) is 18.1. The van der Waals surface area contributed by atoms with Gasteiger partial charge in [-0.25, -0.2) is 13.8 Å². The number of hydrogen-bond donors (Lipinski definition) is 0. The van der Waals surface area contributed by atoms with Gasteiger partial charge in [-0.15, -0.1) is 0 Å². The van der Waals surface area contributed by atoms with Crippen LogP contribution in [-0.2, 0) is 27.5 Å². The number of aromatic nitrogens is 3. The van der Waals surface area contributed by atoms with E-state index in [-0.39, 0.29) is 41.0 Å². The fourth-order valence-electron chi connectivity index (χ4n) is 5.07. The van der Waals surface area contributed by atoms with E-state index < -0.39 is 23.2 Å². The number of amides is 1. The smallest absolute Gasteiger partial charge is 0.219 e. The average molecular weight is 460 g/mol. The van der Waals surface area contributed by atoms with E-state index in [1.807, 2.05) is 0 Å². The molecule has 9 heteroatoms. The normalized spacial score (nSPS) is 16.3. The van der Waals surface area contributed by atoms with Crippen LogP contribution in [0, 0.1) is 11.6 Å². The van der Waals surface area contributed by atoms with Crippen molar-refractivity contribution in [2.24, 2.45) is 0 Å². The van der Waals surface area contributed by atoms with E-state index in [0.29, 0.717) is 35.5 Å². The highest BCUT2D eigenvalue weighted by molar-refractivity contribution is 6.51. The zero-order chi connectivity index (χ0) is 23.7. The van der Waals surface area contributed by atoms with Gasteiger partial charge >= 0.3 is 0 Å². The van der Waals surface area contributed by atoms with Crippen LogP contribution in [0.5, 0.6) is 0 Å². The molecule has 4 aromatic rings. The van der Waals surface area contributed by atoms with Crippen molar-refractivity contribution in [3.05, 3.63) is 71.3 Å². The first-order valence-corrected chi connectivity index (χ1v) is 10.8. The van der Waals surface area contributed by atoms with E-state index >= 15 is 4.39 Å². The molecule has 0 unspecified atom stereocenters. The van der Waals surface area contributed by atoms with Crippen LogP contribution in [0.4, 0.5) is 8.78 Å². The average Bonchev–Trinajstić information content (AvgIpc) is 3.43. The molecule has 0 radical (unpaired) electrons. The van der Waals surface area contributed by atoms with Crippen molar-refractivity contribution >= 4 is 45.2 Å². The molecule has 2 aliphatic rings. The summed E-state index contributed by atoms with van der Waals surface area (Å²) >= 11 is 0. The highest BCUT2D eigenvalue weighted by Gasteiger charge is 2.37. The molecule has 0 bridgehead atoms. The van der Waals surface area contributed by atoms with E-state index in [0.717, 1.165) is 6.07 Å². The number of pyridine rings is 1. The van der Waals surface area contributed by atoms with Crippen LogP contribution >= 0.6 is 0 Å². The van der Waals surface area contributed by atoms with Gasteiger partial charge in [0, 0.05) is 55.5 Å². The van der Waals surface area contributed by atoms with E-state index in [1.165, 1.54) is 13.1 Å². The molecular weight excluding hydrogens is 442 g/mol. The van der Waals surface area contributed by atoms with Gasteiger partial charge in [-0.1, -0.05) is 6.07 Å². The third-order valence-electron chi connectivity index (χ3n) is 6.60. The van der Waals surface area contributed by atoms with Crippen molar-refractivity contribution < 1.29 is 23.2 Å². The van der Waals surface area contributed by atoms with E-state index in [4.69, 9.17) is 0 Å². The summed E-state index contributed by atoms with van der Waals surface area (Å²) in [4.78, 5) is 43.9. The number of imidazole rings is 1. The summed E-state index contributed by atoms with van der Waals surface area (Å²) in [6, 6.07) is 6.45. The minimum atomic E-state index is -1.08. The summed E-state index contributed by atoms with van der Waals surface area (Å²) in [5.41, 5.74) is 2.29. The Morgan fingerprint density at radius 3 is 2.68 bits per heavy atom. The molecule has 1 aromatic carbocycles. The number of nitrogens with zero attached hydrogens (tertiary/aromatic N) is 4. The summed E-state index contributed by atoms with van der Waals surface area (Å²) < 4.78 is 33.5. The van der Waals surface area contributed by atoms with E-state index in [2.05, 4.69) is 4.98 Å². The molecule has 34 heavy (non-hydrogen) atoms. The maximum Gasteiger partial charge on any atom is 0.219 e. The summed E-state index contributed by atoms with van der Waals surface area (Å²) in [5.74, 6) is -3.16. The fourth-order valence-corrected chi connectivity index (χ4v) is 5.07. The molecule has 0 spiro atoms. The number of halogens is 2. The molecule has 0 N–H and O–H groups in total. The molecule has 0 fully saturated rings. The van der Waals surface area contributed by atoms with Gasteiger partial charge < -0.3 is 9.47 Å². The quantitative estimate of drug-likeness (QED) is 0.430. The van der Waals surface area contributed by atoms with Gasteiger partial charge in [0.05, 0.1) is 29.4 Å². The molecule has 0 atom stereocenters. The second kappa shape index (κ2) is 7.18. The van der Waals surface area contributed by atoms with Gasteiger partial charge in [0.25, 0.3) is 0 Å². The van der Waals surface area contributed by atoms with Crippen molar-refractivity contribution in [3.63, 3.8) is 0 Å². The molecule has 3 aromatic heterocycles. The number of Topliss-reactive ketones (excluding diaryl/α,β-unsaturated/α-hetero) is 2. The molecule has 4 heterocycles. The Bertz CT molecular complexity index is 1610. The Kier molecular flexibility index (Phi) is 4.32. The van der Waals surface area contributed by atoms with Gasteiger partial charge in [0.2, 0.25) is 5.91 Å². The van der Waals surface area contributed by atoms with Crippen molar-refractivity contribution in [2.75, 3.05) is 6.54 Å². The number of carbonyl (C=O) groups excluding carboxylic acids is 3. The Labute approximate surface area is 191 Å². The Morgan fingerprint density at radius 1 is 1.09 bits per heavy atom. The standard InChI is InChI=1S/C25H18F2N4O3/c1-13(32)29-6-7-30-12-15(22-24(27)16(26)8-14(11-29)25(22)30)21-18(33)9-19(34)23(21)17-10-28-20-4-2-3-5-31(17)20/h2-5,8,10,12H,6-7,9,11H2,1H3. The maximum atomic E-state index is 15.3. The minimum Gasteiger partial charge on any atom is -0.345 e. The van der Waals surface area contributed by atoms with Crippen LogP contribution in [0.15, 0.2) is 42.9 Å². The van der Waals surface area contributed by atoms with Crippen molar-refractivity contribution in [2.45, 2.75) is 26.4 Å². The van der Waals surface area contributed by atoms with Crippen LogP contribution in [0.25, 0.3) is 27.7 Å². The lowest BCUT2D eigenvalue weighted by atomic mass is 9.97. The molecule has 0 saturated carbocycles. The monoisotopic (exact) mass is 460 g/mol. The Morgan fingerprint density at radius 2 is 1.88 bits per heavy atom. The minimum absolute atomic E-state index is 0.0511. The first-order chi connectivity index (χ1) is 16.3. The van der Waals surface area contributed by atoms with Crippen LogP contribution in [0.3, 0.4) is 0 Å². The van der Waals surface area contributed by atoms with Gasteiger partial charge in [0.1, 0.15) is 5.65 Å². The molecule has 1 aliphatic carbocycles. The highest BCUT2D eigenvalue weighted by Crippen LogP contribution is 2.41. The van der Waals surface area contributed by atoms with Crippen molar-refractivity contribution in [3.8, 4) is 0 Å². The van der Waals surface area contributed by atoms with Crippen molar-refractivity contribution in [1.29, 1.82) is 0 Å². The SMILES string of the molecule is CC(=O)N1CCn2cc(C3=C(c4cnc5ccccn45)C(=O)CC3=O)c3c(F)c(F)cc(c32)C1. The first-order valence-electron chi connectivity index (χ1n) is 10.8. The highest BCUT2D eigenvalue weighted by atomic mass is 19.2. The molecule has 1 aliphatic heterocycles. The lowest BCUT2D eigenvalue weighted by Gasteiger charge is -2.18. The van der Waals surface area contributed by atoms with E-state index in [1.54, 1.807) is 44.5 Å². The molecule has 7 nitrogen and oxygen atoms in total. The van der Waals surface area contributed by atoms with Gasteiger partial charge in [-0.05, 0) is 23.8 Å². The topological polar surface area (TPSA) is 76.7 Å². The van der Waals surface area contributed by atoms with Gasteiger partial charge in [-0.3, -0.25) is 18.8 Å². The third-order valence-corrected chi connectivity index (χ3v) is 6.60. The Balaban J connectivity index is 1.67. The summed E-state index contributed by atoms with van der Waals surface area (Å²) in [6.07, 6.45) is 4.49. The lowest BCUT2D eigenvalue weighted by molar-refractivity contribution is -0.129. The predicted octanol–water partition coefficient (Wildman–Crippen LogP) is 3.38. The van der Waals surface area contributed by atoms with Crippen LogP contribution < -0.4 is 0 Å². The number of rotatable bonds is 2. The second-order valence-electron chi connectivity index (χ2n) is 8.58. The second-order valence-corrected chi connectivity index (χ2v) is 8.58. The number of hydrogen-bond acceptors (Lipinski definition) is 4. The number of fused-ring (bicyclic) bond motifs is 1. The molecule has 6 rings (SSSR count). The maximum absolute atomic E-state index is 15.3. The van der Waals surface area contributed by atoms with Gasteiger partial charge in [0.15, 0.2) is 23.2 Å². The molecule has 0 saturated heterocycles. The summed E-state index contributed by atoms with van der Waals surface area (Å²) in [6.45, 7) is 2.24. The largest absolute Gasteiger partial charge is 0.345 e.